The van der Waals surface area contributed by atoms with Crippen molar-refractivity contribution in [3.63, 3.8) is 0 Å². The first-order valence-electron chi connectivity index (χ1n) is 7.05. The first kappa shape index (κ1) is 16.2. The van der Waals surface area contributed by atoms with Crippen LogP contribution in [0.1, 0.15) is 22.8 Å². The van der Waals surface area contributed by atoms with E-state index in [1.807, 2.05) is 30.3 Å². The molecule has 6 nitrogen and oxygen atoms in total. The number of carbonyl (C=O) groups is 3. The van der Waals surface area contributed by atoms with Gasteiger partial charge in [0.15, 0.2) is 0 Å². The molecule has 0 radical (unpaired) electrons. The molecule has 0 aromatic heterocycles. The number of rotatable bonds is 4. The lowest BCUT2D eigenvalue weighted by atomic mass is 10.1. The van der Waals surface area contributed by atoms with Gasteiger partial charge in [0.25, 0.3) is 5.91 Å². The van der Waals surface area contributed by atoms with Crippen LogP contribution in [0.4, 0.5) is 5.69 Å². The molecule has 0 bridgehead atoms. The molecule has 0 aliphatic rings. The van der Waals surface area contributed by atoms with Crippen LogP contribution in [0, 0.1) is 0 Å². The van der Waals surface area contributed by atoms with E-state index >= 15 is 0 Å². The van der Waals surface area contributed by atoms with Gasteiger partial charge in [-0.15, -0.1) is 0 Å². The van der Waals surface area contributed by atoms with Crippen LogP contribution in [0.15, 0.2) is 54.6 Å². The first-order valence-corrected chi connectivity index (χ1v) is 7.05. The van der Waals surface area contributed by atoms with Crippen molar-refractivity contribution >= 4 is 23.4 Å². The zero-order valence-electron chi connectivity index (χ0n) is 12.6. The predicted molar refractivity (Wildman–Crippen MR) is 86.5 cm³/mol. The second-order valence-electron chi connectivity index (χ2n) is 4.93. The summed E-state index contributed by atoms with van der Waals surface area (Å²) in [6, 6.07) is 15.6. The summed E-state index contributed by atoms with van der Waals surface area (Å²) in [6.07, 6.45) is 0.174. The van der Waals surface area contributed by atoms with E-state index in [9.17, 15) is 14.4 Å². The molecule has 0 atom stereocenters. The van der Waals surface area contributed by atoms with Gasteiger partial charge in [0, 0.05) is 18.2 Å². The minimum absolute atomic E-state index is 0.174. The Balaban J connectivity index is 1.89. The van der Waals surface area contributed by atoms with Crippen LogP contribution in [0.3, 0.4) is 0 Å². The summed E-state index contributed by atoms with van der Waals surface area (Å²) in [6.45, 7) is 1.39. The summed E-state index contributed by atoms with van der Waals surface area (Å²) < 4.78 is 0. The van der Waals surface area contributed by atoms with Gasteiger partial charge in [0.2, 0.25) is 11.8 Å². The topological polar surface area (TPSA) is 87.3 Å². The fourth-order valence-electron chi connectivity index (χ4n) is 1.97. The zero-order chi connectivity index (χ0) is 16.7. The highest BCUT2D eigenvalue weighted by Gasteiger charge is 2.09. The number of nitrogens with one attached hydrogen (secondary N) is 3. The lowest BCUT2D eigenvalue weighted by Crippen LogP contribution is -2.42. The summed E-state index contributed by atoms with van der Waals surface area (Å²) in [5.74, 6) is -1.00. The second kappa shape index (κ2) is 7.74. The molecule has 0 saturated carbocycles. The SMILES string of the molecule is CC(=O)Nc1cccc(C(=O)NNC(=O)Cc2ccccc2)c1. The van der Waals surface area contributed by atoms with Gasteiger partial charge < -0.3 is 5.32 Å². The predicted octanol–water partition coefficient (Wildman–Crippen LogP) is 1.65. The smallest absolute Gasteiger partial charge is 0.269 e. The summed E-state index contributed by atoms with van der Waals surface area (Å²) in [7, 11) is 0. The summed E-state index contributed by atoms with van der Waals surface area (Å²) >= 11 is 0. The molecule has 6 heteroatoms. The molecule has 2 aromatic rings. The highest BCUT2D eigenvalue weighted by atomic mass is 16.2. The van der Waals surface area contributed by atoms with E-state index in [1.165, 1.54) is 13.0 Å². The number of hydrogen-bond donors (Lipinski definition) is 3. The maximum Gasteiger partial charge on any atom is 0.269 e. The monoisotopic (exact) mass is 311 g/mol. The fraction of sp³-hybridized carbons (Fsp3) is 0.118. The van der Waals surface area contributed by atoms with Crippen molar-refractivity contribution in [1.82, 2.24) is 10.9 Å². The Morgan fingerprint density at radius 3 is 2.35 bits per heavy atom. The molecule has 0 aliphatic carbocycles. The molecule has 0 unspecified atom stereocenters. The van der Waals surface area contributed by atoms with E-state index in [1.54, 1.807) is 18.2 Å². The Labute approximate surface area is 133 Å². The van der Waals surface area contributed by atoms with E-state index in [-0.39, 0.29) is 18.2 Å². The van der Waals surface area contributed by atoms with E-state index in [0.717, 1.165) is 5.56 Å². The average molecular weight is 311 g/mol. The molecule has 23 heavy (non-hydrogen) atoms. The van der Waals surface area contributed by atoms with Crippen LogP contribution in [0.2, 0.25) is 0 Å². The van der Waals surface area contributed by atoms with Crippen molar-refractivity contribution in [2.24, 2.45) is 0 Å². The molecule has 118 valence electrons. The van der Waals surface area contributed by atoms with Crippen LogP contribution in [0.5, 0.6) is 0 Å². The standard InChI is InChI=1S/C17H17N3O3/c1-12(21)18-15-9-5-8-14(11-15)17(23)20-19-16(22)10-13-6-3-2-4-7-13/h2-9,11H,10H2,1H3,(H,18,21)(H,19,22)(H,20,23). The molecule has 0 spiro atoms. The van der Waals surface area contributed by atoms with Crippen LogP contribution in [-0.4, -0.2) is 17.7 Å². The quantitative estimate of drug-likeness (QED) is 0.750. The summed E-state index contributed by atoms with van der Waals surface area (Å²) in [5.41, 5.74) is 6.41. The van der Waals surface area contributed by atoms with Gasteiger partial charge in [-0.25, -0.2) is 0 Å². The zero-order valence-corrected chi connectivity index (χ0v) is 12.6. The van der Waals surface area contributed by atoms with Crippen molar-refractivity contribution in [2.45, 2.75) is 13.3 Å². The van der Waals surface area contributed by atoms with Gasteiger partial charge in [-0.2, -0.15) is 0 Å². The van der Waals surface area contributed by atoms with E-state index in [0.29, 0.717) is 11.3 Å². The summed E-state index contributed by atoms with van der Waals surface area (Å²) in [4.78, 5) is 34.8. The number of amides is 3. The van der Waals surface area contributed by atoms with E-state index in [4.69, 9.17) is 0 Å². The molecular weight excluding hydrogens is 294 g/mol. The van der Waals surface area contributed by atoms with Gasteiger partial charge in [-0.3, -0.25) is 25.2 Å². The molecule has 0 aliphatic heterocycles. The third-order valence-corrected chi connectivity index (χ3v) is 2.97. The molecule has 2 aromatic carbocycles. The Morgan fingerprint density at radius 2 is 1.65 bits per heavy atom. The fourth-order valence-corrected chi connectivity index (χ4v) is 1.97. The normalized spacial score (nSPS) is 9.78. The van der Waals surface area contributed by atoms with Crippen molar-refractivity contribution in [1.29, 1.82) is 0 Å². The van der Waals surface area contributed by atoms with Gasteiger partial charge in [-0.05, 0) is 23.8 Å². The lowest BCUT2D eigenvalue weighted by Gasteiger charge is -2.09. The molecule has 0 heterocycles. The van der Waals surface area contributed by atoms with E-state index in [2.05, 4.69) is 16.2 Å². The first-order chi connectivity index (χ1) is 11.0. The highest BCUT2D eigenvalue weighted by molar-refractivity contribution is 5.97. The maximum atomic E-state index is 12.0. The largest absolute Gasteiger partial charge is 0.326 e. The third kappa shape index (κ3) is 5.28. The number of benzene rings is 2. The molecule has 0 fully saturated rings. The van der Waals surface area contributed by atoms with Crippen LogP contribution in [0.25, 0.3) is 0 Å². The number of hydrazine groups is 1. The minimum atomic E-state index is -0.460. The average Bonchev–Trinajstić information content (AvgIpc) is 2.53. The minimum Gasteiger partial charge on any atom is -0.326 e. The van der Waals surface area contributed by atoms with Crippen molar-refractivity contribution in [3.05, 3.63) is 65.7 Å². The molecule has 3 N–H and O–H groups in total. The van der Waals surface area contributed by atoms with Gasteiger partial charge in [0.05, 0.1) is 6.42 Å². The van der Waals surface area contributed by atoms with Crippen molar-refractivity contribution in [2.75, 3.05) is 5.32 Å². The molecular formula is C17H17N3O3. The van der Waals surface area contributed by atoms with Crippen molar-refractivity contribution < 1.29 is 14.4 Å². The second-order valence-corrected chi connectivity index (χ2v) is 4.93. The Hall–Kier alpha value is -3.15. The Kier molecular flexibility index (Phi) is 5.46. The summed E-state index contributed by atoms with van der Waals surface area (Å²) in [5, 5.41) is 2.59. The number of carbonyl (C=O) groups excluding carboxylic acids is 3. The Bertz CT molecular complexity index is 714. The van der Waals surface area contributed by atoms with Crippen LogP contribution < -0.4 is 16.2 Å². The maximum absolute atomic E-state index is 12.0. The number of hydrogen-bond acceptors (Lipinski definition) is 3. The van der Waals surface area contributed by atoms with Crippen LogP contribution >= 0.6 is 0 Å². The molecule has 3 amide bonds. The number of anilines is 1. The van der Waals surface area contributed by atoms with Crippen molar-refractivity contribution in [3.8, 4) is 0 Å². The van der Waals surface area contributed by atoms with Crippen LogP contribution in [-0.2, 0) is 16.0 Å². The van der Waals surface area contributed by atoms with Gasteiger partial charge in [-0.1, -0.05) is 36.4 Å². The Morgan fingerprint density at radius 1 is 0.913 bits per heavy atom. The lowest BCUT2D eigenvalue weighted by molar-refractivity contribution is -0.121. The highest BCUT2D eigenvalue weighted by Crippen LogP contribution is 2.10. The molecule has 2 rings (SSSR count). The molecule has 0 saturated heterocycles. The van der Waals surface area contributed by atoms with Gasteiger partial charge in [0.1, 0.15) is 0 Å². The van der Waals surface area contributed by atoms with Gasteiger partial charge >= 0.3 is 0 Å². The van der Waals surface area contributed by atoms with E-state index < -0.39 is 5.91 Å². The third-order valence-electron chi connectivity index (χ3n) is 2.97.